The minimum absolute atomic E-state index is 0.0615. The molecule has 2 nitrogen and oxygen atoms in total. The molecule has 3 aromatic carbocycles. The predicted octanol–water partition coefficient (Wildman–Crippen LogP) is 5.55. The zero-order valence-corrected chi connectivity index (χ0v) is 15.2. The third-order valence-corrected chi connectivity index (χ3v) is 5.47. The fourth-order valence-electron chi connectivity index (χ4n) is 2.97. The molecule has 0 aliphatic carbocycles. The van der Waals surface area contributed by atoms with Crippen molar-refractivity contribution in [1.82, 2.24) is 0 Å². The summed E-state index contributed by atoms with van der Waals surface area (Å²) < 4.78 is 0.571. The predicted molar refractivity (Wildman–Crippen MR) is 111 cm³/mol. The average molecular weight is 361 g/mol. The average Bonchev–Trinajstić information content (AvgIpc) is 2.89. The lowest BCUT2D eigenvalue weighted by atomic mass is 10.0. The van der Waals surface area contributed by atoms with E-state index in [4.69, 9.17) is 12.2 Å². The van der Waals surface area contributed by atoms with Gasteiger partial charge in [-0.1, -0.05) is 78.6 Å². The third kappa shape index (κ3) is 2.99. The number of rotatable bonds is 2. The Kier molecular flexibility index (Phi) is 4.15. The van der Waals surface area contributed by atoms with Gasteiger partial charge in [-0.05, 0) is 47.0 Å². The second-order valence-corrected chi connectivity index (χ2v) is 7.60. The van der Waals surface area contributed by atoms with Crippen LogP contribution in [0.15, 0.2) is 71.6 Å². The highest BCUT2D eigenvalue weighted by molar-refractivity contribution is 8.27. The Morgan fingerprint density at radius 1 is 1.00 bits per heavy atom. The highest BCUT2D eigenvalue weighted by atomic mass is 32.2. The number of carbonyl (C=O) groups is 1. The largest absolute Gasteiger partial charge is 0.270 e. The molecule has 4 rings (SSSR count). The van der Waals surface area contributed by atoms with E-state index in [9.17, 15) is 4.79 Å². The number of thiocarbonyl (C=S) groups is 1. The Morgan fingerprint density at radius 3 is 2.60 bits per heavy atom. The van der Waals surface area contributed by atoms with Gasteiger partial charge in [-0.2, -0.15) is 0 Å². The molecule has 4 heteroatoms. The lowest BCUT2D eigenvalue weighted by molar-refractivity contribution is -0.113. The van der Waals surface area contributed by atoms with Crippen LogP contribution >= 0.6 is 24.0 Å². The number of thioether (sulfide) groups is 1. The minimum atomic E-state index is -0.0615. The molecular formula is C21H15NOS2. The van der Waals surface area contributed by atoms with E-state index >= 15 is 0 Å². The Labute approximate surface area is 156 Å². The van der Waals surface area contributed by atoms with Crippen LogP contribution in [-0.4, -0.2) is 10.2 Å². The molecule has 1 fully saturated rings. The van der Waals surface area contributed by atoms with Gasteiger partial charge in [0.25, 0.3) is 5.91 Å². The van der Waals surface area contributed by atoms with E-state index in [1.165, 1.54) is 11.8 Å². The molecule has 25 heavy (non-hydrogen) atoms. The van der Waals surface area contributed by atoms with Crippen molar-refractivity contribution in [1.29, 1.82) is 0 Å². The first-order valence-corrected chi connectivity index (χ1v) is 9.18. The van der Waals surface area contributed by atoms with Gasteiger partial charge in [0.2, 0.25) is 0 Å². The zero-order chi connectivity index (χ0) is 17.4. The number of anilines is 1. The molecule has 0 radical (unpaired) electrons. The first kappa shape index (κ1) is 16.1. The van der Waals surface area contributed by atoms with Gasteiger partial charge >= 0.3 is 0 Å². The Morgan fingerprint density at radius 2 is 1.76 bits per heavy atom. The molecule has 1 aliphatic rings. The standard InChI is InChI=1S/C21H15NOS2/c1-14-6-4-10-17(12-14)22-20(23)19(25-21(22)24)13-16-9-5-8-15-7-2-3-11-18(15)16/h2-13H,1H3/b19-13-. The van der Waals surface area contributed by atoms with Gasteiger partial charge in [0.1, 0.15) is 0 Å². The maximum absolute atomic E-state index is 12.9. The second-order valence-electron chi connectivity index (χ2n) is 5.92. The lowest BCUT2D eigenvalue weighted by Gasteiger charge is -2.14. The van der Waals surface area contributed by atoms with E-state index in [2.05, 4.69) is 18.2 Å². The Bertz CT molecular complexity index is 1030. The number of fused-ring (bicyclic) bond motifs is 1. The fraction of sp³-hybridized carbons (Fsp3) is 0.0476. The molecule has 122 valence electrons. The molecule has 0 unspecified atom stereocenters. The highest BCUT2D eigenvalue weighted by Crippen LogP contribution is 2.37. The molecule has 1 saturated heterocycles. The van der Waals surface area contributed by atoms with Crippen molar-refractivity contribution < 1.29 is 4.79 Å². The molecular weight excluding hydrogens is 346 g/mol. The first-order valence-electron chi connectivity index (χ1n) is 7.96. The summed E-state index contributed by atoms with van der Waals surface area (Å²) in [6.45, 7) is 2.01. The van der Waals surface area contributed by atoms with Gasteiger partial charge in [-0.25, -0.2) is 0 Å². The molecule has 1 amide bonds. The van der Waals surface area contributed by atoms with Crippen LogP contribution in [0.5, 0.6) is 0 Å². The lowest BCUT2D eigenvalue weighted by Crippen LogP contribution is -2.27. The minimum Gasteiger partial charge on any atom is -0.268 e. The van der Waals surface area contributed by atoms with Crippen molar-refractivity contribution >= 4 is 56.7 Å². The van der Waals surface area contributed by atoms with E-state index in [1.54, 1.807) is 4.90 Å². The van der Waals surface area contributed by atoms with Gasteiger partial charge in [0.15, 0.2) is 4.32 Å². The van der Waals surface area contributed by atoms with Crippen LogP contribution in [-0.2, 0) is 4.79 Å². The van der Waals surface area contributed by atoms with Crippen molar-refractivity contribution in [2.45, 2.75) is 6.92 Å². The van der Waals surface area contributed by atoms with Crippen molar-refractivity contribution in [2.24, 2.45) is 0 Å². The zero-order valence-electron chi connectivity index (χ0n) is 13.6. The smallest absolute Gasteiger partial charge is 0.268 e. The summed E-state index contributed by atoms with van der Waals surface area (Å²) in [6, 6.07) is 22.1. The molecule has 3 aromatic rings. The summed E-state index contributed by atoms with van der Waals surface area (Å²) in [6.07, 6.45) is 1.94. The fourth-order valence-corrected chi connectivity index (χ4v) is 4.26. The molecule has 0 bridgehead atoms. The normalized spacial score (nSPS) is 16.2. The first-order chi connectivity index (χ1) is 12.1. The molecule has 0 spiro atoms. The van der Waals surface area contributed by atoms with Crippen LogP contribution in [0.3, 0.4) is 0 Å². The molecule has 1 heterocycles. The summed E-state index contributed by atoms with van der Waals surface area (Å²) in [5.41, 5.74) is 2.95. The number of carbonyl (C=O) groups excluding carboxylic acids is 1. The van der Waals surface area contributed by atoms with Crippen molar-refractivity contribution in [2.75, 3.05) is 4.90 Å². The van der Waals surface area contributed by atoms with Gasteiger partial charge in [-0.3, -0.25) is 9.69 Å². The van der Waals surface area contributed by atoms with Crippen LogP contribution in [0, 0.1) is 6.92 Å². The number of benzene rings is 3. The topological polar surface area (TPSA) is 20.3 Å². The van der Waals surface area contributed by atoms with E-state index < -0.39 is 0 Å². The van der Waals surface area contributed by atoms with Crippen LogP contribution < -0.4 is 4.90 Å². The number of hydrogen-bond acceptors (Lipinski definition) is 3. The third-order valence-electron chi connectivity index (χ3n) is 4.16. The van der Waals surface area contributed by atoms with Crippen molar-refractivity contribution in [3.63, 3.8) is 0 Å². The summed E-state index contributed by atoms with van der Waals surface area (Å²) in [5.74, 6) is -0.0615. The van der Waals surface area contributed by atoms with E-state index in [1.807, 2.05) is 61.5 Å². The molecule has 0 N–H and O–H groups in total. The maximum atomic E-state index is 12.9. The maximum Gasteiger partial charge on any atom is 0.270 e. The van der Waals surface area contributed by atoms with Gasteiger partial charge in [0.05, 0.1) is 10.6 Å². The van der Waals surface area contributed by atoms with Crippen LogP contribution in [0.2, 0.25) is 0 Å². The Balaban J connectivity index is 1.75. The van der Waals surface area contributed by atoms with Crippen molar-refractivity contribution in [3.05, 3.63) is 82.8 Å². The SMILES string of the molecule is Cc1cccc(N2C(=O)/C(=C/c3cccc4ccccc34)SC2=S)c1. The van der Waals surface area contributed by atoms with Crippen LogP contribution in [0.1, 0.15) is 11.1 Å². The summed E-state index contributed by atoms with van der Waals surface area (Å²) >= 11 is 6.81. The second kappa shape index (κ2) is 6.47. The summed E-state index contributed by atoms with van der Waals surface area (Å²) in [7, 11) is 0. The summed E-state index contributed by atoms with van der Waals surface area (Å²) in [4.78, 5) is 15.2. The molecule has 0 saturated carbocycles. The number of hydrogen-bond donors (Lipinski definition) is 0. The molecule has 0 atom stereocenters. The molecule has 1 aliphatic heterocycles. The van der Waals surface area contributed by atoms with E-state index in [0.717, 1.165) is 27.6 Å². The van der Waals surface area contributed by atoms with Gasteiger partial charge in [0, 0.05) is 0 Å². The van der Waals surface area contributed by atoms with Crippen molar-refractivity contribution in [3.8, 4) is 0 Å². The molecule has 0 aromatic heterocycles. The van der Waals surface area contributed by atoms with Gasteiger partial charge in [-0.15, -0.1) is 0 Å². The van der Waals surface area contributed by atoms with Crippen LogP contribution in [0.25, 0.3) is 16.8 Å². The van der Waals surface area contributed by atoms with E-state index in [-0.39, 0.29) is 5.91 Å². The summed E-state index contributed by atoms with van der Waals surface area (Å²) in [5, 5.41) is 2.29. The Hall–Kier alpha value is -2.43. The quantitative estimate of drug-likeness (QED) is 0.441. The van der Waals surface area contributed by atoms with Crippen LogP contribution in [0.4, 0.5) is 5.69 Å². The number of aryl methyl sites for hydroxylation is 1. The highest BCUT2D eigenvalue weighted by Gasteiger charge is 2.33. The van der Waals surface area contributed by atoms with E-state index in [0.29, 0.717) is 9.23 Å². The number of amides is 1. The number of nitrogens with zero attached hydrogens (tertiary/aromatic N) is 1. The van der Waals surface area contributed by atoms with Gasteiger partial charge < -0.3 is 0 Å². The monoisotopic (exact) mass is 361 g/mol.